The Morgan fingerprint density at radius 1 is 0.880 bits per heavy atom. The normalized spacial score (nSPS) is 16.6. The molecular formula is C20H21ClN2O2. The zero-order chi connectivity index (χ0) is 17.3. The van der Waals surface area contributed by atoms with Crippen LogP contribution in [0.4, 0.5) is 0 Å². The zero-order valence-corrected chi connectivity index (χ0v) is 14.7. The maximum Gasteiger partial charge on any atom is 0.291 e. The van der Waals surface area contributed by atoms with Crippen LogP contribution in [-0.2, 0) is 22.3 Å². The van der Waals surface area contributed by atoms with Crippen LogP contribution in [0, 0.1) is 0 Å². The third-order valence-corrected chi connectivity index (χ3v) is 4.08. The van der Waals surface area contributed by atoms with E-state index >= 15 is 0 Å². The second kappa shape index (κ2) is 9.25. The SMILES string of the molecule is ClC1=CNC(OCCc2ccccc2)=N[C@H]1OCCc1ccccc1. The summed E-state index contributed by atoms with van der Waals surface area (Å²) in [6, 6.07) is 20.8. The molecule has 25 heavy (non-hydrogen) atoms. The van der Waals surface area contributed by atoms with Gasteiger partial charge in [0.05, 0.1) is 18.2 Å². The van der Waals surface area contributed by atoms with Crippen LogP contribution >= 0.6 is 11.6 Å². The van der Waals surface area contributed by atoms with Crippen LogP contribution in [0.25, 0.3) is 0 Å². The lowest BCUT2D eigenvalue weighted by molar-refractivity contribution is 0.0861. The van der Waals surface area contributed by atoms with Crippen LogP contribution < -0.4 is 5.32 Å². The lowest BCUT2D eigenvalue weighted by Gasteiger charge is -2.20. The van der Waals surface area contributed by atoms with Crippen molar-refractivity contribution in [1.82, 2.24) is 5.32 Å². The maximum atomic E-state index is 6.17. The maximum absolute atomic E-state index is 6.17. The van der Waals surface area contributed by atoms with Gasteiger partial charge < -0.3 is 14.8 Å². The number of hydrogen-bond donors (Lipinski definition) is 1. The number of amidine groups is 1. The fraction of sp³-hybridized carbons (Fsp3) is 0.250. The molecule has 0 saturated heterocycles. The first-order valence-corrected chi connectivity index (χ1v) is 8.71. The minimum absolute atomic E-state index is 0.435. The van der Waals surface area contributed by atoms with Gasteiger partial charge in [0.15, 0.2) is 6.23 Å². The molecule has 1 atom stereocenters. The molecule has 2 aromatic rings. The molecule has 1 aliphatic rings. The van der Waals surface area contributed by atoms with Gasteiger partial charge in [-0.25, -0.2) is 0 Å². The molecule has 0 saturated carbocycles. The Morgan fingerprint density at radius 2 is 1.48 bits per heavy atom. The van der Waals surface area contributed by atoms with E-state index in [1.165, 1.54) is 11.1 Å². The molecule has 1 heterocycles. The Morgan fingerprint density at radius 3 is 2.12 bits per heavy atom. The van der Waals surface area contributed by atoms with Crippen molar-refractivity contribution < 1.29 is 9.47 Å². The number of aliphatic imine (C=N–C) groups is 1. The van der Waals surface area contributed by atoms with E-state index in [-0.39, 0.29) is 0 Å². The highest BCUT2D eigenvalue weighted by molar-refractivity contribution is 6.30. The summed E-state index contributed by atoms with van der Waals surface area (Å²) in [5, 5.41) is 3.46. The molecule has 0 bridgehead atoms. The highest BCUT2D eigenvalue weighted by Crippen LogP contribution is 2.16. The smallest absolute Gasteiger partial charge is 0.291 e. The Balaban J connectivity index is 1.45. The topological polar surface area (TPSA) is 42.8 Å². The van der Waals surface area contributed by atoms with Crippen LogP contribution in [0.3, 0.4) is 0 Å². The van der Waals surface area contributed by atoms with Gasteiger partial charge in [0.25, 0.3) is 6.02 Å². The molecule has 0 unspecified atom stereocenters. The minimum Gasteiger partial charge on any atom is -0.465 e. The van der Waals surface area contributed by atoms with Gasteiger partial charge in [0.2, 0.25) is 0 Å². The molecule has 5 heteroatoms. The van der Waals surface area contributed by atoms with E-state index in [0.29, 0.717) is 24.3 Å². The predicted molar refractivity (Wildman–Crippen MR) is 100 cm³/mol. The molecule has 4 nitrogen and oxygen atoms in total. The number of ether oxygens (including phenoxy) is 2. The van der Waals surface area contributed by atoms with Gasteiger partial charge >= 0.3 is 0 Å². The Kier molecular flexibility index (Phi) is 6.48. The Labute approximate surface area is 153 Å². The number of rotatable bonds is 7. The summed E-state index contributed by atoms with van der Waals surface area (Å²) in [6.07, 6.45) is 2.78. The lowest BCUT2D eigenvalue weighted by atomic mass is 10.2. The predicted octanol–water partition coefficient (Wildman–Crippen LogP) is 3.87. The van der Waals surface area contributed by atoms with Crippen LogP contribution in [0.2, 0.25) is 0 Å². The van der Waals surface area contributed by atoms with Gasteiger partial charge in [-0.1, -0.05) is 72.3 Å². The lowest BCUT2D eigenvalue weighted by Crippen LogP contribution is -2.31. The Bertz CT molecular complexity index is 717. The average molecular weight is 357 g/mol. The third kappa shape index (κ3) is 5.62. The van der Waals surface area contributed by atoms with Crippen molar-refractivity contribution in [3.05, 3.63) is 83.0 Å². The van der Waals surface area contributed by atoms with Gasteiger partial charge in [0.1, 0.15) is 0 Å². The van der Waals surface area contributed by atoms with Crippen molar-refractivity contribution in [2.24, 2.45) is 4.99 Å². The van der Waals surface area contributed by atoms with Crippen molar-refractivity contribution >= 4 is 17.6 Å². The zero-order valence-electron chi connectivity index (χ0n) is 13.9. The monoisotopic (exact) mass is 356 g/mol. The second-order valence-corrected chi connectivity index (χ2v) is 6.09. The molecule has 3 rings (SSSR count). The van der Waals surface area contributed by atoms with E-state index in [2.05, 4.69) is 34.6 Å². The summed E-state index contributed by atoms with van der Waals surface area (Å²) in [6.45, 7) is 1.08. The molecule has 0 amide bonds. The van der Waals surface area contributed by atoms with Gasteiger partial charge in [0, 0.05) is 12.6 Å². The average Bonchev–Trinajstić information content (AvgIpc) is 2.66. The Hall–Kier alpha value is -2.30. The van der Waals surface area contributed by atoms with E-state index in [1.54, 1.807) is 6.20 Å². The van der Waals surface area contributed by atoms with Crippen LogP contribution in [0.15, 0.2) is 76.9 Å². The van der Waals surface area contributed by atoms with Gasteiger partial charge in [-0.3, -0.25) is 0 Å². The van der Waals surface area contributed by atoms with E-state index in [1.807, 2.05) is 36.4 Å². The van der Waals surface area contributed by atoms with Crippen LogP contribution in [0.1, 0.15) is 11.1 Å². The largest absolute Gasteiger partial charge is 0.465 e. The molecule has 0 aromatic heterocycles. The van der Waals surface area contributed by atoms with Crippen molar-refractivity contribution in [2.75, 3.05) is 13.2 Å². The molecule has 0 spiro atoms. The number of nitrogens with one attached hydrogen (secondary N) is 1. The summed E-state index contributed by atoms with van der Waals surface area (Å²) in [5.74, 6) is 0. The summed E-state index contributed by atoms with van der Waals surface area (Å²) in [4.78, 5) is 4.39. The molecule has 130 valence electrons. The van der Waals surface area contributed by atoms with E-state index in [9.17, 15) is 0 Å². The molecule has 0 aliphatic carbocycles. The summed E-state index contributed by atoms with van der Waals surface area (Å²) < 4.78 is 11.5. The van der Waals surface area contributed by atoms with Crippen molar-refractivity contribution in [3.8, 4) is 0 Å². The molecule has 2 aromatic carbocycles. The molecule has 1 N–H and O–H groups in total. The van der Waals surface area contributed by atoms with E-state index in [0.717, 1.165) is 12.8 Å². The summed E-state index contributed by atoms with van der Waals surface area (Å²) in [7, 11) is 0. The third-order valence-electron chi connectivity index (χ3n) is 3.79. The summed E-state index contributed by atoms with van der Waals surface area (Å²) >= 11 is 6.17. The first-order chi connectivity index (χ1) is 12.3. The first-order valence-electron chi connectivity index (χ1n) is 8.33. The van der Waals surface area contributed by atoms with Gasteiger partial charge in [-0.15, -0.1) is 0 Å². The van der Waals surface area contributed by atoms with E-state index < -0.39 is 6.23 Å². The standard InChI is InChI=1S/C20H21ClN2O2/c21-18-15-22-20(25-14-12-17-9-5-2-6-10-17)23-19(18)24-13-11-16-7-3-1-4-8-16/h1-10,15,19H,11-14H2,(H,22,23)/t19-/m0/s1. The number of hydrogen-bond acceptors (Lipinski definition) is 4. The molecule has 0 radical (unpaired) electrons. The second-order valence-electron chi connectivity index (χ2n) is 5.65. The highest BCUT2D eigenvalue weighted by Gasteiger charge is 2.18. The highest BCUT2D eigenvalue weighted by atomic mass is 35.5. The van der Waals surface area contributed by atoms with Crippen molar-refractivity contribution in [3.63, 3.8) is 0 Å². The first kappa shape index (κ1) is 17.5. The molecule has 1 aliphatic heterocycles. The van der Waals surface area contributed by atoms with Crippen LogP contribution in [0.5, 0.6) is 0 Å². The molecular weight excluding hydrogens is 336 g/mol. The van der Waals surface area contributed by atoms with Crippen molar-refractivity contribution in [2.45, 2.75) is 19.1 Å². The summed E-state index contributed by atoms with van der Waals surface area (Å²) in [5.41, 5.74) is 2.45. The number of halogens is 1. The van der Waals surface area contributed by atoms with Crippen LogP contribution in [-0.4, -0.2) is 25.5 Å². The number of nitrogens with zero attached hydrogens (tertiary/aromatic N) is 1. The molecule has 0 fully saturated rings. The van der Waals surface area contributed by atoms with Crippen molar-refractivity contribution in [1.29, 1.82) is 0 Å². The van der Waals surface area contributed by atoms with Gasteiger partial charge in [-0.05, 0) is 17.5 Å². The van der Waals surface area contributed by atoms with Gasteiger partial charge in [-0.2, -0.15) is 4.99 Å². The number of benzene rings is 2. The van der Waals surface area contributed by atoms with E-state index in [4.69, 9.17) is 21.1 Å². The fourth-order valence-corrected chi connectivity index (χ4v) is 2.61. The minimum atomic E-state index is -0.515. The quantitative estimate of drug-likeness (QED) is 0.818. The fourth-order valence-electron chi connectivity index (χ4n) is 2.45.